The molecule has 0 saturated heterocycles. The summed E-state index contributed by atoms with van der Waals surface area (Å²) in [5.41, 5.74) is 0. The second-order valence-electron chi connectivity index (χ2n) is 30.7. The lowest BCUT2D eigenvalue weighted by molar-refractivity contribution is -0.161. The normalized spacial score (nSPS) is 14.5. The molecule has 0 aliphatic carbocycles. The van der Waals surface area contributed by atoms with Crippen molar-refractivity contribution in [2.45, 2.75) is 411 Å². The van der Waals surface area contributed by atoms with Gasteiger partial charge in [-0.15, -0.1) is 0 Å². The summed E-state index contributed by atoms with van der Waals surface area (Å²) in [5, 5.41) is 20.7. The van der Waals surface area contributed by atoms with E-state index in [9.17, 15) is 43.5 Å². The van der Waals surface area contributed by atoms with Gasteiger partial charge in [0.2, 0.25) is 0 Å². The fraction of sp³-hybridized carbons (Fsp3) is 0.722. The van der Waals surface area contributed by atoms with Crippen LogP contribution in [0.5, 0.6) is 0 Å². The number of hydrogen-bond donors (Lipinski definition) is 4. The zero-order valence-corrected chi connectivity index (χ0v) is 74.7. The standard InChI is InChI=1S/C97H168O16P2/c1-4-7-10-13-16-19-22-25-28-31-33-35-37-39-41-43-44-45-46-48-50-51-53-55-57-60-62-65-68-71-74-77-80-83-95(100)107-86-92(98)87-109-114(103,104)110-88-93(99)89-111-115(105,106)112-91-94(113-97(102)85-82-79-76-73-70-67-64-59-30-27-24-21-18-15-12-9-6-3)90-108-96(101)84-81-78-75-72-69-66-63-61-58-56-54-52-49-47-42-40-38-36-34-32-29-26-23-20-17-14-11-8-5-2/h8-9,11-12,16-21,25-30,33-36,39-42,92-94,98-99H,4-7,10,13-15,22-24,31-32,37-38,43-91H2,1-3H3,(H,103,104)(H,105,106)/b11-8-,12-9-,19-16-,20-17-,21-18-,28-25-,29-26-,30-27-,35-33-,36-34-,41-39-,42-40-. The molecule has 0 spiro atoms. The van der Waals surface area contributed by atoms with Gasteiger partial charge in [0.15, 0.2) is 6.10 Å². The van der Waals surface area contributed by atoms with Crippen LogP contribution < -0.4 is 0 Å². The zero-order chi connectivity index (χ0) is 83.6. The molecule has 0 aliphatic rings. The fourth-order valence-corrected chi connectivity index (χ4v) is 14.2. The SMILES string of the molecule is CC/C=C\C/C=C\C/C=C\C/C=C\C/C=C\CCCCCCCCCCCCCCCC(=O)OCC(COP(=O)(O)OCC(O)COP(=O)(O)OCC(O)COC(=O)CCCCCCCCCCCCCCCCCCC/C=C\C/C=C\C/C=C\C/C=C\CCCCC)OC(=O)CCCCCCCCC/C=C\C/C=C\C/C=C\CC. The summed E-state index contributed by atoms with van der Waals surface area (Å²) in [6.07, 6.45) is 112. The fourth-order valence-electron chi connectivity index (χ4n) is 12.6. The Morgan fingerprint density at radius 1 is 0.252 bits per heavy atom. The second-order valence-corrected chi connectivity index (χ2v) is 33.6. The third kappa shape index (κ3) is 90.0. The molecule has 16 nitrogen and oxygen atoms in total. The minimum Gasteiger partial charge on any atom is -0.463 e. The van der Waals surface area contributed by atoms with Crippen molar-refractivity contribution in [3.8, 4) is 0 Å². The first kappa shape index (κ1) is 110. The van der Waals surface area contributed by atoms with Crippen molar-refractivity contribution in [2.75, 3.05) is 39.6 Å². The highest BCUT2D eigenvalue weighted by atomic mass is 31.2. The van der Waals surface area contributed by atoms with E-state index in [1.54, 1.807) is 0 Å². The molecular weight excluding hydrogens is 1480 g/mol. The van der Waals surface area contributed by atoms with Gasteiger partial charge in [0, 0.05) is 19.3 Å². The number of aliphatic hydroxyl groups excluding tert-OH is 2. The molecule has 0 amide bonds. The molecular formula is C97H168O16P2. The molecule has 0 radical (unpaired) electrons. The third-order valence-corrected chi connectivity index (χ3v) is 21.4. The summed E-state index contributed by atoms with van der Waals surface area (Å²) in [6.45, 7) is 2.47. The summed E-state index contributed by atoms with van der Waals surface area (Å²) >= 11 is 0. The monoisotopic (exact) mass is 1650 g/mol. The van der Waals surface area contributed by atoms with Crippen LogP contribution >= 0.6 is 15.6 Å². The molecule has 0 aromatic heterocycles. The number of ether oxygens (including phenoxy) is 3. The minimum atomic E-state index is -4.94. The van der Waals surface area contributed by atoms with Crippen LogP contribution in [-0.4, -0.2) is 95.9 Å². The maximum absolute atomic E-state index is 13.0. The van der Waals surface area contributed by atoms with Crippen LogP contribution in [0, 0.1) is 0 Å². The first-order chi connectivity index (χ1) is 56.2. The van der Waals surface area contributed by atoms with Crippen LogP contribution in [-0.2, 0) is 55.8 Å². The molecule has 662 valence electrons. The molecule has 5 atom stereocenters. The van der Waals surface area contributed by atoms with Gasteiger partial charge in [-0.05, 0) is 141 Å². The van der Waals surface area contributed by atoms with Crippen LogP contribution in [0.2, 0.25) is 0 Å². The highest BCUT2D eigenvalue weighted by Crippen LogP contribution is 2.45. The third-order valence-electron chi connectivity index (χ3n) is 19.5. The number of allylic oxidation sites excluding steroid dienone is 24. The number of aliphatic hydroxyl groups is 2. The zero-order valence-electron chi connectivity index (χ0n) is 72.9. The average Bonchev–Trinajstić information content (AvgIpc) is 0.897. The Hall–Kier alpha value is -4.57. The van der Waals surface area contributed by atoms with Gasteiger partial charge in [0.05, 0.1) is 26.4 Å². The summed E-state index contributed by atoms with van der Waals surface area (Å²) < 4.78 is 61.4. The molecule has 0 aromatic rings. The van der Waals surface area contributed by atoms with Crippen molar-refractivity contribution in [3.05, 3.63) is 146 Å². The molecule has 0 heterocycles. The largest absolute Gasteiger partial charge is 0.472 e. The molecule has 0 aliphatic heterocycles. The molecule has 0 bridgehead atoms. The average molecular weight is 1650 g/mol. The molecule has 4 N–H and O–H groups in total. The molecule has 115 heavy (non-hydrogen) atoms. The van der Waals surface area contributed by atoms with Crippen LogP contribution in [0.4, 0.5) is 0 Å². The molecule has 0 aromatic carbocycles. The van der Waals surface area contributed by atoms with Crippen molar-refractivity contribution in [1.82, 2.24) is 0 Å². The molecule has 0 rings (SSSR count). The van der Waals surface area contributed by atoms with Gasteiger partial charge in [-0.25, -0.2) is 9.13 Å². The van der Waals surface area contributed by atoms with Crippen molar-refractivity contribution in [1.29, 1.82) is 0 Å². The van der Waals surface area contributed by atoms with Crippen LogP contribution in [0.1, 0.15) is 393 Å². The van der Waals surface area contributed by atoms with Crippen LogP contribution in [0.25, 0.3) is 0 Å². The number of rotatable bonds is 87. The van der Waals surface area contributed by atoms with Gasteiger partial charge in [-0.1, -0.05) is 378 Å². The highest BCUT2D eigenvalue weighted by Gasteiger charge is 2.29. The second kappa shape index (κ2) is 88.7. The van der Waals surface area contributed by atoms with Crippen molar-refractivity contribution in [2.24, 2.45) is 0 Å². The highest BCUT2D eigenvalue weighted by molar-refractivity contribution is 7.47. The Bertz CT molecular complexity index is 2670. The van der Waals surface area contributed by atoms with Gasteiger partial charge < -0.3 is 34.2 Å². The lowest BCUT2D eigenvalue weighted by Gasteiger charge is -2.21. The molecule has 5 unspecified atom stereocenters. The maximum Gasteiger partial charge on any atom is 0.472 e. The van der Waals surface area contributed by atoms with E-state index < -0.39 is 91.5 Å². The van der Waals surface area contributed by atoms with E-state index in [0.717, 1.165) is 167 Å². The van der Waals surface area contributed by atoms with Gasteiger partial charge in [-0.2, -0.15) is 0 Å². The molecule has 0 saturated carbocycles. The van der Waals surface area contributed by atoms with Crippen molar-refractivity contribution in [3.63, 3.8) is 0 Å². The molecule has 0 fully saturated rings. The maximum atomic E-state index is 13.0. The topological polar surface area (TPSA) is 231 Å². The van der Waals surface area contributed by atoms with Gasteiger partial charge in [0.25, 0.3) is 0 Å². The van der Waals surface area contributed by atoms with Gasteiger partial charge in [-0.3, -0.25) is 32.5 Å². The Balaban J connectivity index is 4.49. The smallest absolute Gasteiger partial charge is 0.463 e. The number of esters is 3. The van der Waals surface area contributed by atoms with Crippen LogP contribution in [0.15, 0.2) is 146 Å². The lowest BCUT2D eigenvalue weighted by atomic mass is 10.0. The number of carbonyl (C=O) groups excluding carboxylic acids is 3. The number of hydrogen-bond acceptors (Lipinski definition) is 14. The first-order valence-corrected chi connectivity index (χ1v) is 49.1. The molecule has 18 heteroatoms. The van der Waals surface area contributed by atoms with E-state index in [1.165, 1.54) is 167 Å². The summed E-state index contributed by atoms with van der Waals surface area (Å²) in [6, 6.07) is 0. The van der Waals surface area contributed by atoms with E-state index in [4.69, 9.17) is 32.3 Å². The Kier molecular flexibility index (Phi) is 85.2. The quantitative estimate of drug-likeness (QED) is 0.0146. The first-order valence-electron chi connectivity index (χ1n) is 46.1. The van der Waals surface area contributed by atoms with Gasteiger partial charge in [0.1, 0.15) is 25.4 Å². The van der Waals surface area contributed by atoms with E-state index in [2.05, 4.69) is 167 Å². The van der Waals surface area contributed by atoms with Gasteiger partial charge >= 0.3 is 33.6 Å². The van der Waals surface area contributed by atoms with E-state index in [-0.39, 0.29) is 19.3 Å². The predicted molar refractivity (Wildman–Crippen MR) is 482 cm³/mol. The number of phosphoric ester groups is 2. The summed E-state index contributed by atoms with van der Waals surface area (Å²) in [4.78, 5) is 58.9. The lowest BCUT2D eigenvalue weighted by Crippen LogP contribution is -2.30. The number of phosphoric acid groups is 2. The van der Waals surface area contributed by atoms with Crippen molar-refractivity contribution < 1.29 is 75.8 Å². The van der Waals surface area contributed by atoms with Crippen molar-refractivity contribution >= 4 is 33.6 Å². The van der Waals surface area contributed by atoms with Crippen LogP contribution in [0.3, 0.4) is 0 Å². The Morgan fingerprint density at radius 3 is 0.730 bits per heavy atom. The van der Waals surface area contributed by atoms with E-state index in [1.807, 2.05) is 0 Å². The number of carbonyl (C=O) groups is 3. The minimum absolute atomic E-state index is 0.0913. The Labute approximate surface area is 702 Å². The number of unbranched alkanes of at least 4 members (excludes halogenated alkanes) is 40. The van der Waals surface area contributed by atoms with E-state index >= 15 is 0 Å². The summed E-state index contributed by atoms with van der Waals surface area (Å²) in [5.74, 6) is -1.58. The summed E-state index contributed by atoms with van der Waals surface area (Å²) in [7, 11) is -9.81. The Morgan fingerprint density at radius 2 is 0.461 bits per heavy atom. The van der Waals surface area contributed by atoms with E-state index in [0.29, 0.717) is 19.3 Å². The predicted octanol–water partition coefficient (Wildman–Crippen LogP) is 28.3.